The first-order valence-electron chi connectivity index (χ1n) is 7.30. The van der Waals surface area contributed by atoms with Crippen LogP contribution in [0.15, 0.2) is 22.7 Å². The topological polar surface area (TPSA) is 42.1 Å². The number of hydrogen-bond donors (Lipinski definition) is 1. The molecule has 0 radical (unpaired) electrons. The Hall–Kier alpha value is -1.000. The van der Waals surface area contributed by atoms with E-state index in [0.29, 0.717) is 21.8 Å². The number of fused-ring (bicyclic) bond motifs is 1. The zero-order chi connectivity index (χ0) is 15.2. The van der Waals surface area contributed by atoms with Crippen LogP contribution in [0.25, 0.3) is 10.9 Å². The lowest BCUT2D eigenvalue weighted by Gasteiger charge is -2.03. The summed E-state index contributed by atoms with van der Waals surface area (Å²) < 4.78 is 6.09. The fourth-order valence-electron chi connectivity index (χ4n) is 2.25. The fourth-order valence-corrected chi connectivity index (χ4v) is 3.24. The Balaban J connectivity index is 1.95. The first kappa shape index (κ1) is 16.4. The Kier molecular flexibility index (Phi) is 6.12. The number of carbonyl (C=O) groups excluding carboxylic acids is 1. The number of halogens is 2. The van der Waals surface area contributed by atoms with E-state index < -0.39 is 0 Å². The first-order valence-corrected chi connectivity index (χ1v) is 8.47. The lowest BCUT2D eigenvalue weighted by Crippen LogP contribution is -2.08. The second kappa shape index (κ2) is 7.85. The molecular weight excluding hydrogens is 354 g/mol. The summed E-state index contributed by atoms with van der Waals surface area (Å²) >= 11 is 9.59. The van der Waals surface area contributed by atoms with Gasteiger partial charge in [-0.3, -0.25) is 4.79 Å². The van der Waals surface area contributed by atoms with Crippen LogP contribution in [0.5, 0.6) is 5.88 Å². The van der Waals surface area contributed by atoms with Gasteiger partial charge in [-0.25, -0.2) is 0 Å². The summed E-state index contributed by atoms with van der Waals surface area (Å²) in [5, 5.41) is 1.46. The number of aromatic amines is 1. The SMILES string of the molecule is CCCCCCCC(=O)Oc1[nH]c2cccc(Cl)c2c1Br. The minimum absolute atomic E-state index is 0.213. The third kappa shape index (κ3) is 4.24. The monoisotopic (exact) mass is 371 g/mol. The van der Waals surface area contributed by atoms with Gasteiger partial charge in [0.1, 0.15) is 0 Å². The van der Waals surface area contributed by atoms with E-state index >= 15 is 0 Å². The molecule has 3 nitrogen and oxygen atoms in total. The molecule has 0 saturated carbocycles. The van der Waals surface area contributed by atoms with Crippen LogP contribution in [0.3, 0.4) is 0 Å². The second-order valence-corrected chi connectivity index (χ2v) is 6.27. The van der Waals surface area contributed by atoms with Crippen LogP contribution in [0.1, 0.15) is 45.4 Å². The number of rotatable bonds is 7. The second-order valence-electron chi connectivity index (χ2n) is 5.07. The third-order valence-electron chi connectivity index (χ3n) is 3.38. The Bertz CT molecular complexity index is 624. The van der Waals surface area contributed by atoms with E-state index in [1.54, 1.807) is 0 Å². The molecule has 21 heavy (non-hydrogen) atoms. The maximum Gasteiger partial charge on any atom is 0.312 e. The zero-order valence-electron chi connectivity index (χ0n) is 12.0. The number of esters is 1. The van der Waals surface area contributed by atoms with Gasteiger partial charge in [0.05, 0.1) is 15.0 Å². The number of hydrogen-bond acceptors (Lipinski definition) is 2. The molecule has 0 bridgehead atoms. The van der Waals surface area contributed by atoms with E-state index in [2.05, 4.69) is 27.8 Å². The van der Waals surface area contributed by atoms with Crippen LogP contribution in [0, 0.1) is 0 Å². The predicted molar refractivity (Wildman–Crippen MR) is 90.0 cm³/mol. The average molecular weight is 373 g/mol. The third-order valence-corrected chi connectivity index (χ3v) is 4.45. The van der Waals surface area contributed by atoms with Gasteiger partial charge in [-0.05, 0) is 34.5 Å². The molecule has 0 saturated heterocycles. The normalized spacial score (nSPS) is 11.0. The van der Waals surface area contributed by atoms with Crippen LogP contribution >= 0.6 is 27.5 Å². The Labute approximate surface area is 138 Å². The summed E-state index contributed by atoms with van der Waals surface area (Å²) in [6.45, 7) is 2.17. The molecule has 1 heterocycles. The van der Waals surface area contributed by atoms with Gasteiger partial charge in [-0.2, -0.15) is 0 Å². The van der Waals surface area contributed by atoms with Gasteiger partial charge in [0, 0.05) is 11.8 Å². The van der Waals surface area contributed by atoms with Gasteiger partial charge < -0.3 is 9.72 Å². The van der Waals surface area contributed by atoms with Gasteiger partial charge in [-0.1, -0.05) is 50.3 Å². The summed E-state index contributed by atoms with van der Waals surface area (Å²) in [6.07, 6.45) is 5.99. The highest BCUT2D eigenvalue weighted by atomic mass is 79.9. The van der Waals surface area contributed by atoms with Gasteiger partial charge in [0.15, 0.2) is 0 Å². The molecule has 2 aromatic rings. The lowest BCUT2D eigenvalue weighted by molar-refractivity contribution is -0.134. The molecule has 0 aliphatic carbocycles. The van der Waals surface area contributed by atoms with Crippen molar-refractivity contribution in [2.45, 2.75) is 45.4 Å². The summed E-state index contributed by atoms with van der Waals surface area (Å²) in [4.78, 5) is 14.9. The van der Waals surface area contributed by atoms with E-state index in [9.17, 15) is 4.79 Å². The number of benzene rings is 1. The van der Waals surface area contributed by atoms with Gasteiger partial charge >= 0.3 is 5.97 Å². The van der Waals surface area contributed by atoms with Crippen molar-refractivity contribution >= 4 is 44.4 Å². The lowest BCUT2D eigenvalue weighted by atomic mass is 10.1. The molecule has 0 amide bonds. The maximum atomic E-state index is 11.9. The number of H-pyrrole nitrogens is 1. The van der Waals surface area contributed by atoms with E-state index in [1.807, 2.05) is 18.2 Å². The van der Waals surface area contributed by atoms with E-state index in [0.717, 1.165) is 23.7 Å². The Morgan fingerprint density at radius 1 is 1.29 bits per heavy atom. The van der Waals surface area contributed by atoms with E-state index in [4.69, 9.17) is 16.3 Å². The molecule has 0 atom stereocenters. The number of nitrogens with one attached hydrogen (secondary N) is 1. The van der Waals surface area contributed by atoms with Crippen molar-refractivity contribution in [1.29, 1.82) is 0 Å². The van der Waals surface area contributed by atoms with Crippen molar-refractivity contribution in [2.75, 3.05) is 0 Å². The summed E-state index contributed by atoms with van der Waals surface area (Å²) in [6, 6.07) is 5.56. The van der Waals surface area contributed by atoms with Crippen LogP contribution in [-0.4, -0.2) is 11.0 Å². The average Bonchev–Trinajstić information content (AvgIpc) is 2.76. The standard InChI is InChI=1S/C16H19BrClNO2/c1-2-3-4-5-6-10-13(20)21-16-15(17)14-11(18)8-7-9-12(14)19-16/h7-9,19H,2-6,10H2,1H3. The molecule has 0 unspecified atom stereocenters. The number of aromatic nitrogens is 1. The molecule has 5 heteroatoms. The largest absolute Gasteiger partial charge is 0.408 e. The van der Waals surface area contributed by atoms with Crippen molar-refractivity contribution < 1.29 is 9.53 Å². The van der Waals surface area contributed by atoms with E-state index in [-0.39, 0.29) is 5.97 Å². The van der Waals surface area contributed by atoms with Crippen molar-refractivity contribution in [3.63, 3.8) is 0 Å². The summed E-state index contributed by atoms with van der Waals surface area (Å²) in [5.41, 5.74) is 0.847. The quantitative estimate of drug-likeness (QED) is 0.489. The highest BCUT2D eigenvalue weighted by Gasteiger charge is 2.15. The van der Waals surface area contributed by atoms with Crippen molar-refractivity contribution in [2.24, 2.45) is 0 Å². The van der Waals surface area contributed by atoms with Crippen molar-refractivity contribution in [3.8, 4) is 5.88 Å². The fraction of sp³-hybridized carbons (Fsp3) is 0.438. The molecule has 1 aromatic carbocycles. The van der Waals surface area contributed by atoms with Gasteiger partial charge in [0.2, 0.25) is 5.88 Å². The Morgan fingerprint density at radius 2 is 2.05 bits per heavy atom. The molecule has 0 aliphatic heterocycles. The first-order chi connectivity index (χ1) is 10.1. The predicted octanol–water partition coefficient (Wildman–Crippen LogP) is 5.85. The highest BCUT2D eigenvalue weighted by Crippen LogP contribution is 2.37. The minimum Gasteiger partial charge on any atom is -0.408 e. The molecule has 0 fully saturated rings. The molecule has 114 valence electrons. The number of unbranched alkanes of at least 4 members (excludes halogenated alkanes) is 4. The van der Waals surface area contributed by atoms with Crippen molar-refractivity contribution in [1.82, 2.24) is 4.98 Å². The summed E-state index contributed by atoms with van der Waals surface area (Å²) in [7, 11) is 0. The Morgan fingerprint density at radius 3 is 2.76 bits per heavy atom. The molecule has 0 aliphatic rings. The molecule has 0 spiro atoms. The molecule has 1 N–H and O–H groups in total. The van der Waals surface area contributed by atoms with Crippen LogP contribution in [-0.2, 0) is 4.79 Å². The maximum absolute atomic E-state index is 11.9. The number of ether oxygens (including phenoxy) is 1. The minimum atomic E-state index is -0.213. The van der Waals surface area contributed by atoms with Crippen molar-refractivity contribution in [3.05, 3.63) is 27.7 Å². The highest BCUT2D eigenvalue weighted by molar-refractivity contribution is 9.10. The molecule has 1 aromatic heterocycles. The van der Waals surface area contributed by atoms with E-state index in [1.165, 1.54) is 19.3 Å². The van der Waals surface area contributed by atoms with Crippen LogP contribution in [0.4, 0.5) is 0 Å². The zero-order valence-corrected chi connectivity index (χ0v) is 14.4. The number of carbonyl (C=O) groups is 1. The van der Waals surface area contributed by atoms with Crippen LogP contribution in [0.2, 0.25) is 5.02 Å². The van der Waals surface area contributed by atoms with Crippen LogP contribution < -0.4 is 4.74 Å². The smallest absolute Gasteiger partial charge is 0.312 e. The summed E-state index contributed by atoms with van der Waals surface area (Å²) in [5.74, 6) is 0.214. The molecular formula is C16H19BrClNO2. The van der Waals surface area contributed by atoms with Gasteiger partial charge in [0.25, 0.3) is 0 Å². The molecule has 2 rings (SSSR count). The van der Waals surface area contributed by atoms with Gasteiger partial charge in [-0.15, -0.1) is 0 Å².